The summed E-state index contributed by atoms with van der Waals surface area (Å²) < 4.78 is 4.82. The Bertz CT molecular complexity index is 4390. The number of aromatic nitrogens is 5. The summed E-state index contributed by atoms with van der Waals surface area (Å²) in [6.45, 7) is 0. The Morgan fingerprint density at radius 1 is 0.230 bits per heavy atom. The molecule has 5 heteroatoms. The summed E-state index contributed by atoms with van der Waals surface area (Å²) in [5.74, 6) is 1.80. The quantitative estimate of drug-likeness (QED) is 0.145. The van der Waals surface area contributed by atoms with Crippen LogP contribution in [0.3, 0.4) is 0 Å². The van der Waals surface area contributed by atoms with E-state index in [9.17, 15) is 0 Å². The average molecular weight is 944 g/mol. The standard InChI is InChI=1S/C69H45N5/c1-5-20-46(21-6-1)49-38-40-50(41-39-49)67-70-68(53-27-17-26-51(44-53)47-22-7-2-8-23-47)72-69(71-67)59-31-14-16-35-61(59)74-60-34-15-13-30-57(60)65-55(33-19-37-63(65)74)56-32-18-36-62-66(56)58-43-42-52(48-24-9-3-10-25-48)45-64(58)73(62)54-28-11-4-12-29-54/h1-45H. The molecule has 0 spiro atoms. The fraction of sp³-hybridized carbons (Fsp3) is 0. The molecule has 0 saturated heterocycles. The van der Waals surface area contributed by atoms with Crippen LogP contribution in [0, 0.1) is 0 Å². The van der Waals surface area contributed by atoms with E-state index < -0.39 is 0 Å². The number of nitrogens with zero attached hydrogens (tertiary/aromatic N) is 5. The van der Waals surface area contributed by atoms with Crippen molar-refractivity contribution in [1.29, 1.82) is 0 Å². The fourth-order valence-electron chi connectivity index (χ4n) is 11.0. The topological polar surface area (TPSA) is 48.5 Å². The first-order valence-corrected chi connectivity index (χ1v) is 25.1. The third-order valence-electron chi connectivity index (χ3n) is 14.4. The van der Waals surface area contributed by atoms with Crippen molar-refractivity contribution in [2.75, 3.05) is 0 Å². The largest absolute Gasteiger partial charge is 0.309 e. The van der Waals surface area contributed by atoms with Crippen LogP contribution >= 0.6 is 0 Å². The van der Waals surface area contributed by atoms with Gasteiger partial charge in [0.05, 0.1) is 27.8 Å². The first-order valence-electron chi connectivity index (χ1n) is 25.1. The summed E-state index contributed by atoms with van der Waals surface area (Å²) in [4.78, 5) is 16.0. The molecule has 0 atom stereocenters. The average Bonchev–Trinajstić information content (AvgIpc) is 4.05. The minimum atomic E-state index is 0.591. The van der Waals surface area contributed by atoms with E-state index in [0.29, 0.717) is 17.5 Å². The van der Waals surface area contributed by atoms with E-state index in [1.165, 1.54) is 43.9 Å². The predicted octanol–water partition coefficient (Wildman–Crippen LogP) is 17.7. The minimum absolute atomic E-state index is 0.591. The van der Waals surface area contributed by atoms with Gasteiger partial charge in [-0.1, -0.05) is 218 Å². The molecule has 11 aromatic carbocycles. The zero-order chi connectivity index (χ0) is 49.0. The highest BCUT2D eigenvalue weighted by molar-refractivity contribution is 6.22. The predicted molar refractivity (Wildman–Crippen MR) is 307 cm³/mol. The van der Waals surface area contributed by atoms with Gasteiger partial charge in [-0.15, -0.1) is 0 Å². The van der Waals surface area contributed by atoms with Crippen molar-refractivity contribution in [1.82, 2.24) is 24.1 Å². The van der Waals surface area contributed by atoms with Crippen molar-refractivity contribution in [3.8, 4) is 90.0 Å². The molecule has 14 rings (SSSR count). The number of rotatable bonds is 9. The van der Waals surface area contributed by atoms with Crippen molar-refractivity contribution in [3.63, 3.8) is 0 Å². The molecular weight excluding hydrogens is 899 g/mol. The van der Waals surface area contributed by atoms with Gasteiger partial charge in [0.1, 0.15) is 0 Å². The maximum Gasteiger partial charge on any atom is 0.166 e. The van der Waals surface area contributed by atoms with Gasteiger partial charge in [-0.05, 0) is 99.1 Å². The number of benzene rings is 11. The van der Waals surface area contributed by atoms with Crippen LogP contribution in [0.5, 0.6) is 0 Å². The lowest BCUT2D eigenvalue weighted by molar-refractivity contribution is 1.06. The molecule has 0 fully saturated rings. The monoisotopic (exact) mass is 943 g/mol. The fourth-order valence-corrected chi connectivity index (χ4v) is 11.0. The zero-order valence-corrected chi connectivity index (χ0v) is 40.2. The Kier molecular flexibility index (Phi) is 10.4. The van der Waals surface area contributed by atoms with Gasteiger partial charge in [0.2, 0.25) is 0 Å². The lowest BCUT2D eigenvalue weighted by atomic mass is 9.95. The SMILES string of the molecule is c1ccc(-c2ccc(-c3nc(-c4cccc(-c5ccccc5)c4)nc(-c4ccccc4-n4c5ccccc5c5c(-c6cccc7c6c6ccc(-c8ccccc8)cc6n7-c6ccccc6)cccc54)n3)cc2)cc1. The van der Waals surface area contributed by atoms with Crippen LogP contribution in [0.15, 0.2) is 273 Å². The lowest BCUT2D eigenvalue weighted by Gasteiger charge is -2.15. The van der Waals surface area contributed by atoms with Crippen LogP contribution < -0.4 is 0 Å². The van der Waals surface area contributed by atoms with E-state index in [4.69, 9.17) is 15.0 Å². The van der Waals surface area contributed by atoms with Crippen LogP contribution in [0.4, 0.5) is 0 Å². The molecule has 0 N–H and O–H groups in total. The van der Waals surface area contributed by atoms with E-state index in [1.807, 2.05) is 12.1 Å². The Morgan fingerprint density at radius 3 is 1.32 bits per heavy atom. The van der Waals surface area contributed by atoms with Crippen LogP contribution in [-0.2, 0) is 0 Å². The van der Waals surface area contributed by atoms with Gasteiger partial charge in [0.15, 0.2) is 17.5 Å². The molecule has 0 aliphatic carbocycles. The van der Waals surface area contributed by atoms with E-state index in [0.717, 1.165) is 72.3 Å². The highest BCUT2D eigenvalue weighted by Crippen LogP contribution is 2.45. The summed E-state index contributed by atoms with van der Waals surface area (Å²) in [5, 5.41) is 4.77. The first-order chi connectivity index (χ1) is 36.7. The van der Waals surface area contributed by atoms with E-state index in [1.54, 1.807) is 0 Å². The van der Waals surface area contributed by atoms with Gasteiger partial charge >= 0.3 is 0 Å². The number of hydrogen-bond acceptors (Lipinski definition) is 3. The molecule has 0 aliphatic rings. The van der Waals surface area contributed by atoms with E-state index >= 15 is 0 Å². The third-order valence-corrected chi connectivity index (χ3v) is 14.4. The Morgan fingerprint density at radius 2 is 0.649 bits per heavy atom. The summed E-state index contributed by atoms with van der Waals surface area (Å²) >= 11 is 0. The smallest absolute Gasteiger partial charge is 0.166 e. The maximum absolute atomic E-state index is 5.37. The normalized spacial score (nSPS) is 11.5. The molecule has 0 aliphatic heterocycles. The molecule has 14 aromatic rings. The molecule has 346 valence electrons. The molecule has 74 heavy (non-hydrogen) atoms. The zero-order valence-electron chi connectivity index (χ0n) is 40.2. The number of fused-ring (bicyclic) bond motifs is 6. The summed E-state index contributed by atoms with van der Waals surface area (Å²) in [6.07, 6.45) is 0. The molecule has 0 bridgehead atoms. The highest BCUT2D eigenvalue weighted by atomic mass is 15.1. The molecule has 0 unspecified atom stereocenters. The minimum Gasteiger partial charge on any atom is -0.309 e. The summed E-state index contributed by atoms with van der Waals surface area (Å²) in [5.41, 5.74) is 18.6. The molecular formula is C69H45N5. The molecule has 0 radical (unpaired) electrons. The van der Waals surface area contributed by atoms with Gasteiger partial charge in [0, 0.05) is 43.9 Å². The molecule has 0 amide bonds. The number of para-hydroxylation sites is 3. The second kappa shape index (κ2) is 18.0. The van der Waals surface area contributed by atoms with Gasteiger partial charge in [-0.2, -0.15) is 0 Å². The van der Waals surface area contributed by atoms with E-state index in [2.05, 4.69) is 270 Å². The van der Waals surface area contributed by atoms with E-state index in [-0.39, 0.29) is 0 Å². The summed E-state index contributed by atoms with van der Waals surface area (Å²) in [7, 11) is 0. The lowest BCUT2D eigenvalue weighted by Crippen LogP contribution is -2.03. The molecule has 3 aromatic heterocycles. The van der Waals surface area contributed by atoms with Crippen LogP contribution in [0.2, 0.25) is 0 Å². The molecule has 3 heterocycles. The second-order valence-corrected chi connectivity index (χ2v) is 18.7. The molecule has 0 saturated carbocycles. The van der Waals surface area contributed by atoms with Crippen LogP contribution in [-0.4, -0.2) is 24.1 Å². The van der Waals surface area contributed by atoms with Crippen molar-refractivity contribution < 1.29 is 0 Å². The van der Waals surface area contributed by atoms with Crippen LogP contribution in [0.1, 0.15) is 0 Å². The number of hydrogen-bond donors (Lipinski definition) is 0. The Hall–Kier alpha value is -9.97. The van der Waals surface area contributed by atoms with Gasteiger partial charge in [-0.25, -0.2) is 15.0 Å². The van der Waals surface area contributed by atoms with Crippen LogP contribution in [0.25, 0.3) is 134 Å². The highest BCUT2D eigenvalue weighted by Gasteiger charge is 2.23. The third kappa shape index (κ3) is 7.37. The van der Waals surface area contributed by atoms with Gasteiger partial charge < -0.3 is 9.13 Å². The van der Waals surface area contributed by atoms with Gasteiger partial charge in [0.25, 0.3) is 0 Å². The second-order valence-electron chi connectivity index (χ2n) is 18.7. The Labute approximate surface area is 428 Å². The van der Waals surface area contributed by atoms with Crippen molar-refractivity contribution in [2.45, 2.75) is 0 Å². The van der Waals surface area contributed by atoms with Gasteiger partial charge in [-0.3, -0.25) is 0 Å². The maximum atomic E-state index is 5.37. The van der Waals surface area contributed by atoms with Crippen molar-refractivity contribution in [3.05, 3.63) is 273 Å². The van der Waals surface area contributed by atoms with Crippen molar-refractivity contribution in [2.24, 2.45) is 0 Å². The summed E-state index contributed by atoms with van der Waals surface area (Å²) in [6, 6.07) is 97.1. The van der Waals surface area contributed by atoms with Crippen molar-refractivity contribution >= 4 is 43.6 Å². The Balaban J connectivity index is 0.973. The molecule has 5 nitrogen and oxygen atoms in total. The first kappa shape index (κ1) is 42.9.